The zero-order chi connectivity index (χ0) is 43.9. The summed E-state index contributed by atoms with van der Waals surface area (Å²) in [6.07, 6.45) is 7.79. The van der Waals surface area contributed by atoms with E-state index in [4.69, 9.17) is 28.1 Å². The van der Waals surface area contributed by atoms with E-state index < -0.39 is 94.9 Å². The lowest BCUT2D eigenvalue weighted by Gasteiger charge is -2.55. The number of rotatable bonds is 14. The number of carbonyl (C=O) groups is 3. The van der Waals surface area contributed by atoms with Crippen LogP contribution < -0.4 is 5.32 Å². The van der Waals surface area contributed by atoms with Gasteiger partial charge in [-0.2, -0.15) is 0 Å². The van der Waals surface area contributed by atoms with Gasteiger partial charge in [-0.1, -0.05) is 61.5 Å². The highest BCUT2D eigenvalue weighted by atomic mass is 16.8. The van der Waals surface area contributed by atoms with Gasteiger partial charge in [0.15, 0.2) is 17.3 Å². The number of nitrogens with one attached hydrogen (secondary N) is 1. The zero-order valence-electron chi connectivity index (χ0n) is 37.6. The van der Waals surface area contributed by atoms with E-state index in [2.05, 4.69) is 26.1 Å². The van der Waals surface area contributed by atoms with Crippen molar-refractivity contribution < 1.29 is 57.8 Å². The van der Waals surface area contributed by atoms with Crippen LogP contribution in [0.5, 0.6) is 0 Å². The number of carboxylic acid groups (broad SMARTS) is 1. The highest BCUT2D eigenvalue weighted by Crippen LogP contribution is 2.54. The molecule has 4 N–H and O–H groups in total. The lowest BCUT2D eigenvalue weighted by Crippen LogP contribution is -2.65. The molecule has 0 bridgehead atoms. The van der Waals surface area contributed by atoms with Crippen molar-refractivity contribution in [3.63, 3.8) is 0 Å². The van der Waals surface area contributed by atoms with Crippen LogP contribution in [0.4, 0.5) is 0 Å². The molecule has 1 amide bonds. The van der Waals surface area contributed by atoms with E-state index in [1.165, 1.54) is 6.26 Å². The third-order valence-electron chi connectivity index (χ3n) is 15.5. The standard InChI is InChI=1S/C47H73NO12/c1-11-32(43(52)53)34-17-16-26(4)40(57-34)30(8)38(49)29(7)39(50)33(12-2)41-27(5)25-28(6)46(58-41)21-18-36(48-42(51)35-15-14-24-55-35)47(60-46)23-22-44(10,59-47)37-19-20-45(54,13-3)31(9)56-37/h14-15,18,21,24,26-34,36-38,40-41,49,54H,11-13,16-17,19-20,22-23,25H2,1-10H3,(H,48,51)(H,52,53)/t26-,27-,28+,29-,30-,31-,32+,33-,34+,36-,37+,38+,40+,41-,44-,45+,46-,47-/m0/s1. The minimum atomic E-state index is -1.37. The third kappa shape index (κ3) is 8.79. The van der Waals surface area contributed by atoms with Crippen LogP contribution in [0.25, 0.3) is 0 Å². The molecule has 13 nitrogen and oxygen atoms in total. The molecule has 1 aromatic heterocycles. The maximum absolute atomic E-state index is 14.6. The van der Waals surface area contributed by atoms with E-state index in [0.717, 1.165) is 6.42 Å². The molecular formula is C47H73NO12. The number of ether oxygens (including phenoxy) is 5. The molecule has 0 aromatic carbocycles. The van der Waals surface area contributed by atoms with Crippen molar-refractivity contribution in [2.75, 3.05) is 0 Å². The SMILES string of the molecule is CC[C@@H](C(=O)[C@@H](C)[C@@H](O)[C@H](C)[C@@H]1O[C@@H]([C@@H](CC)C(=O)O)CC[C@@H]1C)[C@H]1O[C@]2(C=C[C@H](NC(=O)c3ccco3)[C@]3(CC[C@@](C)([C@H]4CC[C@](O)(CC)[C@H](C)O4)O3)O2)[C@H](C)C[C@@H]1C. The minimum absolute atomic E-state index is 0.0284. The number of carbonyl (C=O) groups excluding carboxylic acids is 2. The Morgan fingerprint density at radius 1 is 0.917 bits per heavy atom. The smallest absolute Gasteiger partial charge is 0.309 e. The monoisotopic (exact) mass is 844 g/mol. The van der Waals surface area contributed by atoms with E-state index in [1.54, 1.807) is 19.1 Å². The first-order valence-electron chi connectivity index (χ1n) is 22.9. The molecule has 2 spiro atoms. The third-order valence-corrected chi connectivity index (χ3v) is 15.5. The second-order valence-corrected chi connectivity index (χ2v) is 19.4. The van der Waals surface area contributed by atoms with Crippen LogP contribution in [-0.4, -0.2) is 98.4 Å². The van der Waals surface area contributed by atoms with Crippen LogP contribution in [0.2, 0.25) is 0 Å². The summed E-state index contributed by atoms with van der Waals surface area (Å²) >= 11 is 0. The Labute approximate surface area is 356 Å². The first-order chi connectivity index (χ1) is 28.3. The first-order valence-corrected chi connectivity index (χ1v) is 22.9. The molecule has 18 atom stereocenters. The topological polar surface area (TPSA) is 183 Å². The Kier molecular flexibility index (Phi) is 14.2. The van der Waals surface area contributed by atoms with Crippen LogP contribution in [-0.2, 0) is 33.3 Å². The van der Waals surface area contributed by atoms with Crippen molar-refractivity contribution in [1.82, 2.24) is 5.32 Å². The number of furan rings is 1. The van der Waals surface area contributed by atoms with E-state index in [-0.39, 0.29) is 35.4 Å². The average Bonchev–Trinajstić information content (AvgIpc) is 3.88. The van der Waals surface area contributed by atoms with E-state index in [9.17, 15) is 29.7 Å². The van der Waals surface area contributed by atoms with Crippen molar-refractivity contribution in [3.05, 3.63) is 36.3 Å². The Bertz CT molecular complexity index is 1690. The zero-order valence-corrected chi connectivity index (χ0v) is 37.6. The second-order valence-electron chi connectivity index (χ2n) is 19.4. The number of ketones is 1. The van der Waals surface area contributed by atoms with Gasteiger partial charge >= 0.3 is 5.97 Å². The van der Waals surface area contributed by atoms with Gasteiger partial charge in [0, 0.05) is 30.1 Å². The van der Waals surface area contributed by atoms with Crippen molar-refractivity contribution in [3.8, 4) is 0 Å². The molecule has 6 rings (SSSR count). The van der Waals surface area contributed by atoms with Gasteiger partial charge in [0.25, 0.3) is 5.91 Å². The number of amides is 1. The highest BCUT2D eigenvalue weighted by molar-refractivity contribution is 5.91. The number of hydrogen-bond donors (Lipinski definition) is 4. The Morgan fingerprint density at radius 2 is 1.63 bits per heavy atom. The fourth-order valence-corrected chi connectivity index (χ4v) is 11.3. The second kappa shape index (κ2) is 18.2. The van der Waals surface area contributed by atoms with E-state index in [1.807, 2.05) is 53.7 Å². The first kappa shape index (κ1) is 46.8. The van der Waals surface area contributed by atoms with Crippen LogP contribution in [0.3, 0.4) is 0 Å². The predicted octanol–water partition coefficient (Wildman–Crippen LogP) is 7.22. The summed E-state index contributed by atoms with van der Waals surface area (Å²) in [5.74, 6) is -6.37. The van der Waals surface area contributed by atoms with Crippen LogP contribution >= 0.6 is 0 Å². The van der Waals surface area contributed by atoms with Crippen LogP contribution in [0, 0.1) is 41.4 Å². The van der Waals surface area contributed by atoms with Gasteiger partial charge in [0.1, 0.15) is 11.8 Å². The molecule has 0 saturated carbocycles. The molecule has 1 aromatic rings. The van der Waals surface area contributed by atoms with Crippen molar-refractivity contribution >= 4 is 17.7 Å². The van der Waals surface area contributed by atoms with E-state index >= 15 is 0 Å². The molecule has 338 valence electrons. The summed E-state index contributed by atoms with van der Waals surface area (Å²) in [5.41, 5.74) is -1.74. The molecule has 4 saturated heterocycles. The van der Waals surface area contributed by atoms with Gasteiger partial charge < -0.3 is 48.7 Å². The van der Waals surface area contributed by atoms with Crippen LogP contribution in [0.1, 0.15) is 144 Å². The van der Waals surface area contributed by atoms with Crippen molar-refractivity contribution in [2.45, 2.75) is 199 Å². The number of aliphatic carboxylic acids is 1. The van der Waals surface area contributed by atoms with Gasteiger partial charge in [0.05, 0.1) is 60.0 Å². The fourth-order valence-electron chi connectivity index (χ4n) is 11.3. The summed E-state index contributed by atoms with van der Waals surface area (Å²) in [5, 5.41) is 36.0. The molecular weight excluding hydrogens is 771 g/mol. The summed E-state index contributed by atoms with van der Waals surface area (Å²) < 4.78 is 39.9. The molecule has 60 heavy (non-hydrogen) atoms. The van der Waals surface area contributed by atoms with Gasteiger partial charge in [-0.25, -0.2) is 0 Å². The van der Waals surface area contributed by atoms with Crippen molar-refractivity contribution in [2.24, 2.45) is 41.4 Å². The predicted molar refractivity (Wildman–Crippen MR) is 223 cm³/mol. The summed E-state index contributed by atoms with van der Waals surface area (Å²) in [7, 11) is 0. The highest BCUT2D eigenvalue weighted by Gasteiger charge is 2.63. The molecule has 0 aliphatic carbocycles. The van der Waals surface area contributed by atoms with Gasteiger partial charge in [0.2, 0.25) is 0 Å². The average molecular weight is 844 g/mol. The van der Waals surface area contributed by atoms with Crippen LogP contribution in [0.15, 0.2) is 35.0 Å². The molecule has 0 radical (unpaired) electrons. The number of hydrogen-bond acceptors (Lipinski definition) is 11. The maximum Gasteiger partial charge on any atom is 0.309 e. The van der Waals surface area contributed by atoms with Crippen molar-refractivity contribution in [1.29, 1.82) is 0 Å². The summed E-state index contributed by atoms with van der Waals surface area (Å²) in [6, 6.07) is 2.53. The minimum Gasteiger partial charge on any atom is -0.481 e. The lowest BCUT2D eigenvalue weighted by molar-refractivity contribution is -0.397. The Balaban J connectivity index is 1.24. The molecule has 4 fully saturated rings. The number of aliphatic hydroxyl groups excluding tert-OH is 1. The Morgan fingerprint density at radius 3 is 2.25 bits per heavy atom. The van der Waals surface area contributed by atoms with Gasteiger partial charge in [-0.05, 0) is 102 Å². The summed E-state index contributed by atoms with van der Waals surface area (Å²) in [6.45, 7) is 19.6. The van der Waals surface area contributed by atoms with Gasteiger partial charge in [-0.15, -0.1) is 0 Å². The molecule has 13 heteroatoms. The molecule has 5 aliphatic heterocycles. The number of carboxylic acids is 1. The molecule has 6 heterocycles. The maximum atomic E-state index is 14.6. The number of aliphatic hydroxyl groups is 2. The lowest BCUT2D eigenvalue weighted by atomic mass is 9.72. The quantitative estimate of drug-likeness (QED) is 0.138. The Hall–Kier alpha value is -2.65. The summed E-state index contributed by atoms with van der Waals surface area (Å²) in [4.78, 5) is 40.2. The molecule has 0 unspecified atom stereocenters. The normalized spacial score (nSPS) is 42.0. The largest absolute Gasteiger partial charge is 0.481 e. The van der Waals surface area contributed by atoms with E-state index in [0.29, 0.717) is 57.8 Å². The fraction of sp³-hybridized carbons (Fsp3) is 0.809. The molecule has 5 aliphatic rings. The number of Topliss-reactive ketones (excluding diaryl/α,β-unsaturated/α-hetero) is 1. The van der Waals surface area contributed by atoms with Gasteiger partial charge in [-0.3, -0.25) is 14.4 Å².